The molecule has 28 heavy (non-hydrogen) atoms. The molecule has 2 N–H and O–H groups in total. The number of aliphatic carboxylic acids is 1. The van der Waals surface area contributed by atoms with Crippen LogP contribution in [0.25, 0.3) is 0 Å². The van der Waals surface area contributed by atoms with Crippen molar-refractivity contribution in [3.05, 3.63) is 48.0 Å². The summed E-state index contributed by atoms with van der Waals surface area (Å²) in [7, 11) is -4.00. The Hall–Kier alpha value is -3.58. The van der Waals surface area contributed by atoms with E-state index < -0.39 is 28.4 Å². The van der Waals surface area contributed by atoms with E-state index in [-0.39, 0.29) is 29.4 Å². The first-order chi connectivity index (χ1) is 13.3. The van der Waals surface area contributed by atoms with Crippen molar-refractivity contribution in [3.8, 4) is 11.8 Å². The Labute approximate surface area is 160 Å². The molecule has 0 aromatic heterocycles. The van der Waals surface area contributed by atoms with Gasteiger partial charge in [-0.15, -0.1) is 0 Å². The maximum atomic E-state index is 12.7. The van der Waals surface area contributed by atoms with Crippen molar-refractivity contribution in [2.75, 3.05) is 22.8 Å². The van der Waals surface area contributed by atoms with Gasteiger partial charge in [0, 0.05) is 5.69 Å². The van der Waals surface area contributed by atoms with Crippen LogP contribution in [-0.2, 0) is 26.0 Å². The molecule has 0 saturated heterocycles. The lowest BCUT2D eigenvalue weighted by molar-refractivity contribution is -0.137. The Bertz CT molecular complexity index is 1070. The van der Waals surface area contributed by atoms with Crippen molar-refractivity contribution >= 4 is 33.3 Å². The number of fused-ring (bicyclic) bond motifs is 1. The lowest BCUT2D eigenvalue weighted by Crippen LogP contribution is -2.42. The molecular formula is C18H15N3O6S. The highest BCUT2D eigenvalue weighted by atomic mass is 32.2. The van der Waals surface area contributed by atoms with Crippen LogP contribution in [0.15, 0.2) is 47.4 Å². The largest absolute Gasteiger partial charge is 0.482 e. The Kier molecular flexibility index (Phi) is 5.19. The molecular weight excluding hydrogens is 386 g/mol. The summed E-state index contributed by atoms with van der Waals surface area (Å²) >= 11 is 0. The van der Waals surface area contributed by atoms with Gasteiger partial charge in [0.2, 0.25) is 0 Å². The number of carbonyl (C=O) groups excluding carboxylic acids is 1. The number of rotatable bonds is 6. The molecule has 1 amide bonds. The van der Waals surface area contributed by atoms with E-state index in [0.29, 0.717) is 5.69 Å². The van der Waals surface area contributed by atoms with E-state index in [9.17, 15) is 18.0 Å². The first-order valence-electron chi connectivity index (χ1n) is 8.08. The van der Waals surface area contributed by atoms with Gasteiger partial charge in [0.15, 0.2) is 6.61 Å². The lowest BCUT2D eigenvalue weighted by atomic mass is 10.1. The van der Waals surface area contributed by atoms with Crippen LogP contribution in [0.3, 0.4) is 0 Å². The highest BCUT2D eigenvalue weighted by Gasteiger charge is 2.29. The molecule has 9 nitrogen and oxygen atoms in total. The van der Waals surface area contributed by atoms with E-state index in [1.54, 1.807) is 12.1 Å². The summed E-state index contributed by atoms with van der Waals surface area (Å²) in [6.45, 7) is -0.924. The average molecular weight is 401 g/mol. The number of benzene rings is 2. The monoisotopic (exact) mass is 401 g/mol. The van der Waals surface area contributed by atoms with Crippen LogP contribution < -0.4 is 14.4 Å². The first kappa shape index (κ1) is 19.2. The van der Waals surface area contributed by atoms with E-state index in [1.165, 1.54) is 30.3 Å². The van der Waals surface area contributed by atoms with Gasteiger partial charge in [0.1, 0.15) is 12.3 Å². The minimum atomic E-state index is -4.00. The molecule has 1 aliphatic heterocycles. The zero-order chi connectivity index (χ0) is 20.3. The van der Waals surface area contributed by atoms with Gasteiger partial charge < -0.3 is 9.84 Å². The summed E-state index contributed by atoms with van der Waals surface area (Å²) in [5, 5.41) is 17.7. The van der Waals surface area contributed by atoms with Crippen molar-refractivity contribution in [1.82, 2.24) is 0 Å². The van der Waals surface area contributed by atoms with Crippen molar-refractivity contribution in [2.45, 2.75) is 11.3 Å². The third-order valence-electron chi connectivity index (χ3n) is 3.97. The number of nitrogens with zero attached hydrogens (tertiary/aromatic N) is 2. The predicted molar refractivity (Wildman–Crippen MR) is 98.5 cm³/mol. The normalized spacial score (nSPS) is 13.2. The van der Waals surface area contributed by atoms with E-state index in [2.05, 4.69) is 4.72 Å². The van der Waals surface area contributed by atoms with Gasteiger partial charge in [-0.25, -0.2) is 8.42 Å². The molecule has 3 rings (SSSR count). The molecule has 2 aromatic rings. The summed E-state index contributed by atoms with van der Waals surface area (Å²) in [5.41, 5.74) is 1.12. The van der Waals surface area contributed by atoms with Gasteiger partial charge in [0.05, 0.1) is 23.1 Å². The fourth-order valence-electron chi connectivity index (χ4n) is 2.65. The molecule has 0 radical (unpaired) electrons. The van der Waals surface area contributed by atoms with Crippen LogP contribution in [0.4, 0.5) is 11.4 Å². The SMILES string of the molecule is N#CCc1ccc(NS(=O)(=O)c2ccc3c(c2)N(CC(=O)O)C(=O)CO3)cc1. The van der Waals surface area contributed by atoms with E-state index in [4.69, 9.17) is 15.1 Å². The highest BCUT2D eigenvalue weighted by molar-refractivity contribution is 7.92. The highest BCUT2D eigenvalue weighted by Crippen LogP contribution is 2.34. The Morgan fingerprint density at radius 3 is 2.61 bits per heavy atom. The second-order valence-corrected chi connectivity index (χ2v) is 7.61. The van der Waals surface area contributed by atoms with E-state index in [1.807, 2.05) is 6.07 Å². The number of amides is 1. The van der Waals surface area contributed by atoms with Crippen LogP contribution in [0.2, 0.25) is 0 Å². The Morgan fingerprint density at radius 1 is 1.25 bits per heavy atom. The lowest BCUT2D eigenvalue weighted by Gasteiger charge is -2.28. The fourth-order valence-corrected chi connectivity index (χ4v) is 3.73. The van der Waals surface area contributed by atoms with E-state index >= 15 is 0 Å². The number of hydrogen-bond donors (Lipinski definition) is 2. The summed E-state index contributed by atoms with van der Waals surface area (Å²) in [4.78, 5) is 23.8. The molecule has 1 aliphatic rings. The van der Waals surface area contributed by atoms with Gasteiger partial charge in [0.25, 0.3) is 15.9 Å². The minimum absolute atomic E-state index is 0.0749. The minimum Gasteiger partial charge on any atom is -0.482 e. The molecule has 0 spiro atoms. The number of nitrogens with one attached hydrogen (secondary N) is 1. The van der Waals surface area contributed by atoms with Crippen LogP contribution in [0.5, 0.6) is 5.75 Å². The maximum absolute atomic E-state index is 12.7. The molecule has 0 unspecified atom stereocenters. The molecule has 0 saturated carbocycles. The molecule has 0 fully saturated rings. The number of carboxylic acid groups (broad SMARTS) is 1. The molecule has 144 valence electrons. The van der Waals surface area contributed by atoms with Gasteiger partial charge in [-0.3, -0.25) is 19.2 Å². The van der Waals surface area contributed by atoms with Gasteiger partial charge in [-0.2, -0.15) is 5.26 Å². The molecule has 0 bridgehead atoms. The number of nitriles is 1. The van der Waals surface area contributed by atoms with Crippen molar-refractivity contribution in [2.24, 2.45) is 0 Å². The maximum Gasteiger partial charge on any atom is 0.323 e. The number of ether oxygens (including phenoxy) is 1. The quantitative estimate of drug-likeness (QED) is 0.745. The summed E-state index contributed by atoms with van der Waals surface area (Å²) in [6.07, 6.45) is 0.214. The van der Waals surface area contributed by atoms with Crippen LogP contribution in [0.1, 0.15) is 5.56 Å². The number of carboxylic acids is 1. The average Bonchev–Trinajstić information content (AvgIpc) is 2.65. The summed E-state index contributed by atoms with van der Waals surface area (Å²) in [5.74, 6) is -1.59. The number of anilines is 2. The van der Waals surface area contributed by atoms with Crippen LogP contribution in [-0.4, -0.2) is 38.6 Å². The molecule has 2 aromatic carbocycles. The topological polar surface area (TPSA) is 137 Å². The van der Waals surface area contributed by atoms with Crippen molar-refractivity contribution < 1.29 is 27.9 Å². The Morgan fingerprint density at radius 2 is 1.96 bits per heavy atom. The molecule has 0 aliphatic carbocycles. The number of carbonyl (C=O) groups is 2. The van der Waals surface area contributed by atoms with Gasteiger partial charge >= 0.3 is 5.97 Å². The van der Waals surface area contributed by atoms with Crippen LogP contribution >= 0.6 is 0 Å². The third kappa shape index (κ3) is 4.05. The van der Waals surface area contributed by atoms with Gasteiger partial charge in [-0.1, -0.05) is 12.1 Å². The number of sulfonamides is 1. The third-order valence-corrected chi connectivity index (χ3v) is 5.35. The number of hydrogen-bond acceptors (Lipinski definition) is 6. The second-order valence-electron chi connectivity index (χ2n) is 5.93. The van der Waals surface area contributed by atoms with Gasteiger partial charge in [-0.05, 0) is 35.9 Å². The fraction of sp³-hybridized carbons (Fsp3) is 0.167. The van der Waals surface area contributed by atoms with Crippen molar-refractivity contribution in [3.63, 3.8) is 0 Å². The zero-order valence-corrected chi connectivity index (χ0v) is 15.3. The smallest absolute Gasteiger partial charge is 0.323 e. The van der Waals surface area contributed by atoms with Crippen molar-refractivity contribution in [1.29, 1.82) is 5.26 Å². The molecule has 1 heterocycles. The first-order valence-corrected chi connectivity index (χ1v) is 9.56. The predicted octanol–water partition coefficient (Wildman–Crippen LogP) is 1.36. The van der Waals surface area contributed by atoms with E-state index in [0.717, 1.165) is 10.5 Å². The molecule has 10 heteroatoms. The summed E-state index contributed by atoms with van der Waals surface area (Å²) < 4.78 is 33.0. The second kappa shape index (κ2) is 7.58. The standard InChI is InChI=1S/C18H15N3O6S/c19-8-7-12-1-3-13(4-2-12)20-28(25,26)14-5-6-16-15(9-14)21(10-18(23)24)17(22)11-27-16/h1-6,9,20H,7,10-11H2,(H,23,24). The summed E-state index contributed by atoms with van der Waals surface area (Å²) in [6, 6.07) is 12.2. The molecule has 0 atom stereocenters. The Balaban J connectivity index is 1.90. The van der Waals surface area contributed by atoms with Crippen LogP contribution in [0, 0.1) is 11.3 Å². The zero-order valence-electron chi connectivity index (χ0n) is 14.5.